The van der Waals surface area contributed by atoms with Crippen LogP contribution >= 0.6 is 0 Å². The number of carbonyl (C=O) groups excluding carboxylic acids is 1. The molecule has 0 aliphatic heterocycles. The van der Waals surface area contributed by atoms with Crippen LogP contribution in [0.5, 0.6) is 11.5 Å². The molecular weight excluding hydrogens is 542 g/mol. The van der Waals surface area contributed by atoms with E-state index in [-0.39, 0.29) is 34.9 Å². The van der Waals surface area contributed by atoms with E-state index in [9.17, 15) is 4.79 Å². The molecule has 1 amide bonds. The van der Waals surface area contributed by atoms with Crippen LogP contribution in [0.15, 0.2) is 71.5 Å². The second kappa shape index (κ2) is 12.6. The molecule has 0 unspecified atom stereocenters. The molecule has 1 aliphatic carbocycles. The van der Waals surface area contributed by atoms with Gasteiger partial charge in [0, 0.05) is 29.1 Å². The highest BCUT2D eigenvalue weighted by atomic mass is 16.5. The summed E-state index contributed by atoms with van der Waals surface area (Å²) < 4.78 is 11.4. The number of carbonyl (C=O) groups is 1. The fourth-order valence-electron chi connectivity index (χ4n) is 5.10. The topological polar surface area (TPSA) is 152 Å². The van der Waals surface area contributed by atoms with E-state index < -0.39 is 5.92 Å². The third-order valence-electron chi connectivity index (χ3n) is 7.77. The molecule has 0 bridgehead atoms. The van der Waals surface area contributed by atoms with E-state index in [4.69, 9.17) is 20.4 Å². The Balaban J connectivity index is 1.18. The number of nitrogen functional groups attached to an aromatic ring is 1. The molecule has 0 radical (unpaired) electrons. The van der Waals surface area contributed by atoms with Crippen LogP contribution in [-0.4, -0.2) is 38.8 Å². The number of nitrogens with zero attached hydrogens (tertiary/aromatic N) is 3. The Kier molecular flexibility index (Phi) is 8.75. The highest BCUT2D eigenvalue weighted by molar-refractivity contribution is 6.16. The molecule has 4 aromatic rings. The van der Waals surface area contributed by atoms with Crippen LogP contribution in [0, 0.1) is 5.41 Å². The van der Waals surface area contributed by atoms with Crippen molar-refractivity contribution in [2.24, 2.45) is 0 Å². The standard InChI is InChI=1S/C33H39N7O3/c1-20(26-18-27(43-40-26)33(2,3)4)32(41)39-23-14-12-22(13-15-23)38-31-28(30(35)36-19-37-31)29(34)21-10-16-25(17-11-21)42-24-8-6-5-7-9-24/h5-11,16-20,22-23,34H,12-15H2,1-4H3,(H,39,41)(H3,35,36,37,38)/t20-,22-,23+/m1/s1. The van der Waals surface area contributed by atoms with E-state index in [0.717, 1.165) is 37.2 Å². The molecule has 224 valence electrons. The van der Waals surface area contributed by atoms with Gasteiger partial charge < -0.3 is 25.6 Å². The fraction of sp³-hybridized carbons (Fsp3) is 0.364. The number of anilines is 2. The number of rotatable bonds is 9. The van der Waals surface area contributed by atoms with Crippen LogP contribution in [0.4, 0.5) is 11.6 Å². The Bertz CT molecular complexity index is 1550. The summed E-state index contributed by atoms with van der Waals surface area (Å²) in [4.78, 5) is 21.6. The maximum absolute atomic E-state index is 13.0. The summed E-state index contributed by atoms with van der Waals surface area (Å²) in [6.45, 7) is 8.01. The Morgan fingerprint density at radius 1 is 1.00 bits per heavy atom. The fourth-order valence-corrected chi connectivity index (χ4v) is 5.10. The summed E-state index contributed by atoms with van der Waals surface area (Å²) in [5, 5.41) is 19.7. The summed E-state index contributed by atoms with van der Waals surface area (Å²) >= 11 is 0. The zero-order chi connectivity index (χ0) is 30.6. The minimum absolute atomic E-state index is 0.0512. The van der Waals surface area contributed by atoms with Gasteiger partial charge in [0.2, 0.25) is 5.91 Å². The van der Waals surface area contributed by atoms with Crippen LogP contribution in [0.3, 0.4) is 0 Å². The number of hydrogen-bond donors (Lipinski definition) is 4. The lowest BCUT2D eigenvalue weighted by molar-refractivity contribution is -0.123. The van der Waals surface area contributed by atoms with E-state index in [1.807, 2.05) is 67.6 Å². The molecule has 5 rings (SSSR count). The third-order valence-corrected chi connectivity index (χ3v) is 7.77. The SMILES string of the molecule is C[C@@H](C(=O)N[C@H]1CC[C@@H](Nc2ncnc(N)c2C(=N)c2ccc(Oc3ccccc3)cc2)CC1)c1cc(C(C)(C)C)on1. The number of ether oxygens (including phenoxy) is 1. The molecule has 1 atom stereocenters. The predicted molar refractivity (Wildman–Crippen MR) is 167 cm³/mol. The number of para-hydroxylation sites is 1. The lowest BCUT2D eigenvalue weighted by Crippen LogP contribution is -2.42. The van der Waals surface area contributed by atoms with Gasteiger partial charge in [-0.15, -0.1) is 0 Å². The Hall–Kier alpha value is -4.73. The molecule has 2 aromatic heterocycles. The van der Waals surface area contributed by atoms with Crippen molar-refractivity contribution in [1.82, 2.24) is 20.4 Å². The van der Waals surface area contributed by atoms with Gasteiger partial charge in [0.05, 0.1) is 22.9 Å². The summed E-state index contributed by atoms with van der Waals surface area (Å²) in [5.41, 5.74) is 8.10. The van der Waals surface area contributed by atoms with Crippen molar-refractivity contribution < 1.29 is 14.1 Å². The maximum atomic E-state index is 13.0. The second-order valence-electron chi connectivity index (χ2n) is 12.1. The Morgan fingerprint density at radius 3 is 2.30 bits per heavy atom. The zero-order valence-electron chi connectivity index (χ0n) is 25.1. The molecule has 1 aliphatic rings. The molecule has 43 heavy (non-hydrogen) atoms. The van der Waals surface area contributed by atoms with Crippen molar-refractivity contribution >= 4 is 23.3 Å². The molecule has 1 fully saturated rings. The molecule has 1 saturated carbocycles. The van der Waals surface area contributed by atoms with Crippen LogP contribution < -0.4 is 21.1 Å². The first-order valence-electron chi connectivity index (χ1n) is 14.6. The summed E-state index contributed by atoms with van der Waals surface area (Å²) in [6.07, 6.45) is 4.71. The van der Waals surface area contributed by atoms with E-state index in [1.54, 1.807) is 0 Å². The molecule has 10 heteroatoms. The molecular formula is C33H39N7O3. The monoisotopic (exact) mass is 581 g/mol. The summed E-state index contributed by atoms with van der Waals surface area (Å²) in [5.74, 6) is 2.50. The van der Waals surface area contributed by atoms with Gasteiger partial charge in [-0.3, -0.25) is 10.2 Å². The van der Waals surface area contributed by atoms with Crippen molar-refractivity contribution in [2.45, 2.75) is 76.8 Å². The molecule has 0 saturated heterocycles. The van der Waals surface area contributed by atoms with E-state index >= 15 is 0 Å². The first-order chi connectivity index (χ1) is 20.6. The molecule has 2 heterocycles. The van der Waals surface area contributed by atoms with Crippen molar-refractivity contribution in [3.63, 3.8) is 0 Å². The van der Waals surface area contributed by atoms with Gasteiger partial charge in [0.15, 0.2) is 0 Å². The second-order valence-corrected chi connectivity index (χ2v) is 12.1. The number of benzene rings is 2. The summed E-state index contributed by atoms with van der Waals surface area (Å²) in [6, 6.07) is 18.9. The summed E-state index contributed by atoms with van der Waals surface area (Å²) in [7, 11) is 0. The lowest BCUT2D eigenvalue weighted by atomic mass is 9.90. The first kappa shape index (κ1) is 29.8. The normalized spacial score (nSPS) is 17.6. The maximum Gasteiger partial charge on any atom is 0.229 e. The van der Waals surface area contributed by atoms with Gasteiger partial charge in [-0.05, 0) is 69.0 Å². The number of nitrogens with two attached hydrogens (primary N) is 1. The van der Waals surface area contributed by atoms with Gasteiger partial charge in [-0.2, -0.15) is 0 Å². The molecule has 0 spiro atoms. The van der Waals surface area contributed by atoms with Crippen LogP contribution in [-0.2, 0) is 10.2 Å². The molecule has 5 N–H and O–H groups in total. The number of aromatic nitrogens is 3. The Morgan fingerprint density at radius 2 is 1.65 bits per heavy atom. The molecule has 10 nitrogen and oxygen atoms in total. The highest BCUT2D eigenvalue weighted by Gasteiger charge is 2.28. The smallest absolute Gasteiger partial charge is 0.229 e. The van der Waals surface area contributed by atoms with Gasteiger partial charge in [0.25, 0.3) is 0 Å². The largest absolute Gasteiger partial charge is 0.457 e. The number of nitrogens with one attached hydrogen (secondary N) is 3. The average molecular weight is 582 g/mol. The van der Waals surface area contributed by atoms with Crippen LogP contribution in [0.1, 0.15) is 81.9 Å². The van der Waals surface area contributed by atoms with Crippen molar-refractivity contribution in [2.75, 3.05) is 11.1 Å². The van der Waals surface area contributed by atoms with Gasteiger partial charge >= 0.3 is 0 Å². The Labute approximate surface area is 252 Å². The van der Waals surface area contributed by atoms with Crippen LogP contribution in [0.25, 0.3) is 0 Å². The van der Waals surface area contributed by atoms with E-state index in [0.29, 0.717) is 28.4 Å². The van der Waals surface area contributed by atoms with Crippen LogP contribution in [0.2, 0.25) is 0 Å². The average Bonchev–Trinajstić information content (AvgIpc) is 3.50. The number of amides is 1. The lowest BCUT2D eigenvalue weighted by Gasteiger charge is -2.31. The highest BCUT2D eigenvalue weighted by Crippen LogP contribution is 2.29. The zero-order valence-corrected chi connectivity index (χ0v) is 25.1. The third kappa shape index (κ3) is 7.20. The van der Waals surface area contributed by atoms with Crippen molar-refractivity contribution in [3.05, 3.63) is 89.6 Å². The molecule has 2 aromatic carbocycles. The van der Waals surface area contributed by atoms with Gasteiger partial charge in [0.1, 0.15) is 35.2 Å². The quantitative estimate of drug-likeness (QED) is 0.171. The van der Waals surface area contributed by atoms with E-state index in [2.05, 4.69) is 46.5 Å². The van der Waals surface area contributed by atoms with Crippen molar-refractivity contribution in [3.8, 4) is 11.5 Å². The minimum atomic E-state index is -0.396. The first-order valence-corrected chi connectivity index (χ1v) is 14.6. The number of hydrogen-bond acceptors (Lipinski definition) is 9. The predicted octanol–water partition coefficient (Wildman–Crippen LogP) is 6.20. The van der Waals surface area contributed by atoms with Crippen molar-refractivity contribution in [1.29, 1.82) is 5.41 Å². The van der Waals surface area contributed by atoms with E-state index in [1.165, 1.54) is 6.33 Å². The van der Waals surface area contributed by atoms with Gasteiger partial charge in [-0.1, -0.05) is 44.1 Å². The van der Waals surface area contributed by atoms with Gasteiger partial charge in [-0.25, -0.2) is 9.97 Å². The minimum Gasteiger partial charge on any atom is -0.457 e.